The first-order chi connectivity index (χ1) is 8.58. The van der Waals surface area contributed by atoms with Crippen molar-refractivity contribution in [3.8, 4) is 0 Å². The second-order valence-electron chi connectivity index (χ2n) is 4.68. The van der Waals surface area contributed by atoms with E-state index in [0.29, 0.717) is 24.0 Å². The van der Waals surface area contributed by atoms with Crippen molar-refractivity contribution < 1.29 is 9.90 Å². The number of amides is 1. The van der Waals surface area contributed by atoms with Crippen LogP contribution in [-0.2, 0) is 0 Å². The monoisotopic (exact) mass is 268 g/mol. The van der Waals surface area contributed by atoms with Gasteiger partial charge in [-0.1, -0.05) is 23.7 Å². The summed E-state index contributed by atoms with van der Waals surface area (Å²) >= 11 is 5.84. The minimum absolute atomic E-state index is 0.0433. The summed E-state index contributed by atoms with van der Waals surface area (Å²) < 4.78 is 0. The number of rotatable bonds is 2. The number of hydrogen-bond acceptors (Lipinski definition) is 2. The van der Waals surface area contributed by atoms with E-state index in [2.05, 4.69) is 0 Å². The molecule has 1 unspecified atom stereocenters. The van der Waals surface area contributed by atoms with Gasteiger partial charge < -0.3 is 15.7 Å². The molecule has 5 heteroatoms. The highest BCUT2D eigenvalue weighted by atomic mass is 35.5. The predicted molar refractivity (Wildman–Crippen MR) is 70.7 cm³/mol. The molecule has 98 valence electrons. The van der Waals surface area contributed by atoms with Gasteiger partial charge in [0.15, 0.2) is 0 Å². The van der Waals surface area contributed by atoms with Crippen molar-refractivity contribution in [3.63, 3.8) is 0 Å². The van der Waals surface area contributed by atoms with E-state index < -0.39 is 6.09 Å². The number of likely N-dealkylation sites (tertiary alicyclic amines) is 1. The molecule has 1 aromatic carbocycles. The maximum absolute atomic E-state index is 10.8. The van der Waals surface area contributed by atoms with Crippen molar-refractivity contribution in [1.82, 2.24) is 4.90 Å². The molecule has 1 atom stereocenters. The Kier molecular flexibility index (Phi) is 4.09. The summed E-state index contributed by atoms with van der Waals surface area (Å²) in [4.78, 5) is 12.3. The van der Waals surface area contributed by atoms with Gasteiger partial charge in [-0.05, 0) is 36.5 Å². The molecule has 2 rings (SSSR count). The van der Waals surface area contributed by atoms with Crippen LogP contribution in [0, 0.1) is 5.92 Å². The minimum Gasteiger partial charge on any atom is -0.465 e. The highest BCUT2D eigenvalue weighted by molar-refractivity contribution is 6.30. The molecule has 0 bridgehead atoms. The lowest BCUT2D eigenvalue weighted by Crippen LogP contribution is -2.40. The average Bonchev–Trinajstić information content (AvgIpc) is 2.39. The zero-order valence-corrected chi connectivity index (χ0v) is 10.8. The van der Waals surface area contributed by atoms with Crippen LogP contribution in [0.4, 0.5) is 4.79 Å². The van der Waals surface area contributed by atoms with E-state index in [1.165, 1.54) is 4.90 Å². The molecule has 4 nitrogen and oxygen atoms in total. The number of nitrogens with two attached hydrogens (primary N) is 1. The van der Waals surface area contributed by atoms with Gasteiger partial charge in [-0.25, -0.2) is 4.79 Å². The summed E-state index contributed by atoms with van der Waals surface area (Å²) in [7, 11) is 0. The Balaban J connectivity index is 1.97. The Morgan fingerprint density at radius 3 is 2.39 bits per heavy atom. The highest BCUT2D eigenvalue weighted by Gasteiger charge is 2.27. The third kappa shape index (κ3) is 2.94. The fourth-order valence-corrected chi connectivity index (χ4v) is 2.53. The Hall–Kier alpha value is -1.26. The largest absolute Gasteiger partial charge is 0.465 e. The lowest BCUT2D eigenvalue weighted by atomic mass is 9.86. The summed E-state index contributed by atoms with van der Waals surface area (Å²) in [5.41, 5.74) is 7.30. The molecular weight excluding hydrogens is 252 g/mol. The molecule has 1 aromatic rings. The lowest BCUT2D eigenvalue weighted by Gasteiger charge is -2.33. The predicted octanol–water partition coefficient (Wildman–Crippen LogP) is 2.73. The fraction of sp³-hybridized carbons (Fsp3) is 0.462. The van der Waals surface area contributed by atoms with E-state index in [0.717, 1.165) is 18.4 Å². The van der Waals surface area contributed by atoms with Gasteiger partial charge in [0.25, 0.3) is 0 Å². The second-order valence-corrected chi connectivity index (χ2v) is 5.12. The first-order valence-electron chi connectivity index (χ1n) is 6.07. The van der Waals surface area contributed by atoms with Gasteiger partial charge >= 0.3 is 6.09 Å². The van der Waals surface area contributed by atoms with Crippen molar-refractivity contribution in [2.75, 3.05) is 13.1 Å². The summed E-state index contributed by atoms with van der Waals surface area (Å²) in [6.07, 6.45) is 0.792. The van der Waals surface area contributed by atoms with Crippen LogP contribution in [0.2, 0.25) is 5.02 Å². The third-order valence-corrected chi connectivity index (χ3v) is 3.82. The minimum atomic E-state index is -0.839. The molecular formula is C13H17ClN2O2. The third-order valence-electron chi connectivity index (χ3n) is 3.57. The topological polar surface area (TPSA) is 66.6 Å². The molecule has 1 saturated heterocycles. The van der Waals surface area contributed by atoms with Crippen LogP contribution in [-0.4, -0.2) is 29.2 Å². The van der Waals surface area contributed by atoms with Crippen molar-refractivity contribution >= 4 is 17.7 Å². The van der Waals surface area contributed by atoms with Crippen LogP contribution in [0.25, 0.3) is 0 Å². The van der Waals surface area contributed by atoms with E-state index in [9.17, 15) is 4.79 Å². The van der Waals surface area contributed by atoms with Gasteiger partial charge in [0.05, 0.1) is 0 Å². The second kappa shape index (κ2) is 5.59. The van der Waals surface area contributed by atoms with Crippen molar-refractivity contribution in [1.29, 1.82) is 0 Å². The molecule has 3 N–H and O–H groups in total. The standard InChI is InChI=1S/C13H17ClN2O2/c14-11-3-1-9(2-4-11)12(15)10-5-7-16(8-6-10)13(17)18/h1-4,10,12H,5-8,15H2,(H,17,18). The maximum atomic E-state index is 10.8. The molecule has 1 fully saturated rings. The van der Waals surface area contributed by atoms with Crippen molar-refractivity contribution in [3.05, 3.63) is 34.9 Å². The van der Waals surface area contributed by atoms with Gasteiger partial charge in [0.2, 0.25) is 0 Å². The Morgan fingerprint density at radius 1 is 1.33 bits per heavy atom. The molecule has 0 spiro atoms. The molecule has 1 heterocycles. The zero-order valence-electron chi connectivity index (χ0n) is 10.1. The van der Waals surface area contributed by atoms with Crippen LogP contribution in [0.1, 0.15) is 24.4 Å². The smallest absolute Gasteiger partial charge is 0.407 e. The number of halogens is 1. The van der Waals surface area contributed by atoms with E-state index in [4.69, 9.17) is 22.4 Å². The number of carboxylic acid groups (broad SMARTS) is 1. The van der Waals surface area contributed by atoms with Crippen LogP contribution in [0.15, 0.2) is 24.3 Å². The van der Waals surface area contributed by atoms with E-state index in [-0.39, 0.29) is 6.04 Å². The zero-order chi connectivity index (χ0) is 13.1. The number of carbonyl (C=O) groups is 1. The SMILES string of the molecule is NC(c1ccc(Cl)cc1)C1CCN(C(=O)O)CC1. The molecule has 0 aliphatic carbocycles. The van der Waals surface area contributed by atoms with Gasteiger partial charge in [-0.2, -0.15) is 0 Å². The van der Waals surface area contributed by atoms with E-state index in [1.54, 1.807) is 0 Å². The Morgan fingerprint density at radius 2 is 1.89 bits per heavy atom. The average molecular weight is 269 g/mol. The number of nitrogens with zero attached hydrogens (tertiary/aromatic N) is 1. The fourth-order valence-electron chi connectivity index (χ4n) is 2.41. The van der Waals surface area contributed by atoms with Gasteiger partial charge in [-0.3, -0.25) is 0 Å². The molecule has 0 radical (unpaired) electrons. The summed E-state index contributed by atoms with van der Waals surface area (Å²) in [5, 5.41) is 9.59. The molecule has 18 heavy (non-hydrogen) atoms. The van der Waals surface area contributed by atoms with Crippen LogP contribution in [0.3, 0.4) is 0 Å². The normalized spacial score (nSPS) is 18.7. The quantitative estimate of drug-likeness (QED) is 0.867. The lowest BCUT2D eigenvalue weighted by molar-refractivity contribution is 0.120. The van der Waals surface area contributed by atoms with E-state index >= 15 is 0 Å². The van der Waals surface area contributed by atoms with Crippen LogP contribution in [0.5, 0.6) is 0 Å². The van der Waals surface area contributed by atoms with Crippen LogP contribution >= 0.6 is 11.6 Å². The number of benzene rings is 1. The number of hydrogen-bond donors (Lipinski definition) is 2. The van der Waals surface area contributed by atoms with Crippen LogP contribution < -0.4 is 5.73 Å². The Bertz CT molecular complexity index is 414. The molecule has 1 amide bonds. The first-order valence-corrected chi connectivity index (χ1v) is 6.44. The summed E-state index contributed by atoms with van der Waals surface area (Å²) in [6.45, 7) is 1.14. The first kappa shape index (κ1) is 13.2. The van der Waals surface area contributed by atoms with Gasteiger partial charge in [0.1, 0.15) is 0 Å². The molecule has 1 aliphatic rings. The molecule has 0 aromatic heterocycles. The molecule has 1 aliphatic heterocycles. The van der Waals surface area contributed by atoms with Crippen molar-refractivity contribution in [2.24, 2.45) is 11.7 Å². The van der Waals surface area contributed by atoms with E-state index in [1.807, 2.05) is 24.3 Å². The summed E-state index contributed by atoms with van der Waals surface area (Å²) in [5.74, 6) is 0.335. The Labute approximate surface area is 111 Å². The number of piperidine rings is 1. The van der Waals surface area contributed by atoms with Gasteiger partial charge in [0, 0.05) is 24.2 Å². The van der Waals surface area contributed by atoms with Crippen molar-refractivity contribution in [2.45, 2.75) is 18.9 Å². The maximum Gasteiger partial charge on any atom is 0.407 e. The summed E-state index contributed by atoms with van der Waals surface area (Å²) in [6, 6.07) is 7.51. The molecule has 0 saturated carbocycles. The van der Waals surface area contributed by atoms with Gasteiger partial charge in [-0.15, -0.1) is 0 Å². The highest BCUT2D eigenvalue weighted by Crippen LogP contribution is 2.29.